The Labute approximate surface area is 204 Å². The van der Waals surface area contributed by atoms with Crippen LogP contribution in [0.1, 0.15) is 17.3 Å². The molecule has 35 heavy (non-hydrogen) atoms. The van der Waals surface area contributed by atoms with Gasteiger partial charge in [0.1, 0.15) is 5.56 Å². The molecule has 0 atom stereocenters. The standard InChI is InChI=1S/C26H19ClN2O6/c1-15(30)35-24-21-19(12-13-20-23(21)34-14-33-20)28(2)25(31)22(24)26(32)29(17-6-4-3-5-7-17)18-10-8-16(27)9-11-18/h3-13H,14H2,1-2H3. The van der Waals surface area contributed by atoms with Gasteiger partial charge in [-0.2, -0.15) is 0 Å². The largest absolute Gasteiger partial charge is 0.454 e. The van der Waals surface area contributed by atoms with E-state index in [0.29, 0.717) is 38.8 Å². The SMILES string of the molecule is CC(=O)Oc1c(C(=O)N(c2ccccc2)c2ccc(Cl)cc2)c(=O)n(C)c2ccc3c(c12)OCO3. The van der Waals surface area contributed by atoms with Gasteiger partial charge in [-0.1, -0.05) is 29.8 Å². The Morgan fingerprint density at radius 2 is 1.66 bits per heavy atom. The molecule has 1 aromatic heterocycles. The minimum atomic E-state index is -0.692. The summed E-state index contributed by atoms with van der Waals surface area (Å²) in [6.07, 6.45) is 0. The highest BCUT2D eigenvalue weighted by Gasteiger charge is 2.32. The predicted molar refractivity (Wildman–Crippen MR) is 131 cm³/mol. The van der Waals surface area contributed by atoms with Crippen molar-refractivity contribution in [2.45, 2.75) is 6.92 Å². The molecule has 8 nitrogen and oxygen atoms in total. The van der Waals surface area contributed by atoms with E-state index in [-0.39, 0.29) is 18.1 Å². The Kier molecular flexibility index (Phi) is 5.66. The van der Waals surface area contributed by atoms with Gasteiger partial charge in [-0.15, -0.1) is 0 Å². The van der Waals surface area contributed by atoms with E-state index in [1.54, 1.807) is 60.7 Å². The van der Waals surface area contributed by atoms with E-state index >= 15 is 0 Å². The van der Waals surface area contributed by atoms with Gasteiger partial charge < -0.3 is 18.8 Å². The van der Waals surface area contributed by atoms with Crippen molar-refractivity contribution in [3.8, 4) is 17.2 Å². The number of para-hydroxylation sites is 1. The van der Waals surface area contributed by atoms with Gasteiger partial charge in [-0.05, 0) is 48.5 Å². The summed E-state index contributed by atoms with van der Waals surface area (Å²) >= 11 is 6.07. The molecule has 0 N–H and O–H groups in total. The second kappa shape index (κ2) is 8.81. The molecule has 9 heteroatoms. The summed E-state index contributed by atoms with van der Waals surface area (Å²) in [6, 6.07) is 18.8. The van der Waals surface area contributed by atoms with E-state index in [0.717, 1.165) is 0 Å². The first kappa shape index (κ1) is 22.5. The van der Waals surface area contributed by atoms with E-state index in [9.17, 15) is 14.4 Å². The number of anilines is 2. The maximum Gasteiger partial charge on any atom is 0.308 e. The number of rotatable bonds is 4. The van der Waals surface area contributed by atoms with Crippen LogP contribution in [0.15, 0.2) is 71.5 Å². The number of carbonyl (C=O) groups excluding carboxylic acids is 2. The van der Waals surface area contributed by atoms with Crippen molar-refractivity contribution in [3.63, 3.8) is 0 Å². The Morgan fingerprint density at radius 3 is 2.34 bits per heavy atom. The molecule has 4 aromatic rings. The fourth-order valence-electron chi connectivity index (χ4n) is 4.06. The van der Waals surface area contributed by atoms with Crippen LogP contribution in [0.5, 0.6) is 17.2 Å². The smallest absolute Gasteiger partial charge is 0.308 e. The van der Waals surface area contributed by atoms with Crippen LogP contribution < -0.4 is 24.7 Å². The molecule has 1 aliphatic rings. The van der Waals surface area contributed by atoms with Crippen molar-refractivity contribution >= 4 is 45.8 Å². The van der Waals surface area contributed by atoms with Crippen LogP contribution in [-0.2, 0) is 11.8 Å². The Hall–Kier alpha value is -4.30. The molecule has 0 unspecified atom stereocenters. The highest BCUT2D eigenvalue weighted by atomic mass is 35.5. The number of benzene rings is 3. The summed E-state index contributed by atoms with van der Waals surface area (Å²) in [7, 11) is 1.54. The number of amides is 1. The summed E-state index contributed by atoms with van der Waals surface area (Å²) in [6.45, 7) is 1.16. The fourth-order valence-corrected chi connectivity index (χ4v) is 4.18. The van der Waals surface area contributed by atoms with Crippen LogP contribution in [0, 0.1) is 0 Å². The van der Waals surface area contributed by atoms with Gasteiger partial charge in [0.25, 0.3) is 11.5 Å². The summed E-state index contributed by atoms with van der Waals surface area (Å²) in [5, 5.41) is 0.786. The van der Waals surface area contributed by atoms with Gasteiger partial charge in [0.05, 0.1) is 10.9 Å². The van der Waals surface area contributed by atoms with Crippen molar-refractivity contribution in [2.24, 2.45) is 7.05 Å². The summed E-state index contributed by atoms with van der Waals surface area (Å²) in [5.74, 6) is -0.851. The lowest BCUT2D eigenvalue weighted by Gasteiger charge is -2.24. The van der Waals surface area contributed by atoms with Crippen LogP contribution in [0.3, 0.4) is 0 Å². The minimum absolute atomic E-state index is 0.0407. The summed E-state index contributed by atoms with van der Waals surface area (Å²) in [4.78, 5) is 41.2. The number of carbonyl (C=O) groups is 2. The van der Waals surface area contributed by atoms with Gasteiger partial charge in [-0.3, -0.25) is 19.3 Å². The lowest BCUT2D eigenvalue weighted by molar-refractivity contribution is -0.131. The topological polar surface area (TPSA) is 87.1 Å². The Bertz CT molecular complexity index is 1530. The number of esters is 1. The molecule has 3 aromatic carbocycles. The quantitative estimate of drug-likeness (QED) is 0.381. The lowest BCUT2D eigenvalue weighted by Crippen LogP contribution is -2.34. The van der Waals surface area contributed by atoms with E-state index in [1.165, 1.54) is 23.4 Å². The molecular formula is C26H19ClN2O6. The fraction of sp³-hybridized carbons (Fsp3) is 0.115. The lowest BCUT2D eigenvalue weighted by atomic mass is 10.1. The third-order valence-corrected chi connectivity index (χ3v) is 5.87. The van der Waals surface area contributed by atoms with E-state index in [4.69, 9.17) is 25.8 Å². The number of pyridine rings is 1. The van der Waals surface area contributed by atoms with Gasteiger partial charge in [-0.25, -0.2) is 0 Å². The van der Waals surface area contributed by atoms with Gasteiger partial charge in [0.2, 0.25) is 6.79 Å². The van der Waals surface area contributed by atoms with E-state index in [2.05, 4.69) is 0 Å². The second-order valence-electron chi connectivity index (χ2n) is 7.81. The monoisotopic (exact) mass is 490 g/mol. The first-order valence-electron chi connectivity index (χ1n) is 10.7. The number of fused-ring (bicyclic) bond motifs is 3. The van der Waals surface area contributed by atoms with Crippen molar-refractivity contribution in [1.29, 1.82) is 0 Å². The summed E-state index contributed by atoms with van der Waals surface area (Å²) < 4.78 is 18.0. The molecule has 0 saturated carbocycles. The molecule has 0 spiro atoms. The second-order valence-corrected chi connectivity index (χ2v) is 8.24. The zero-order valence-corrected chi connectivity index (χ0v) is 19.5. The molecule has 176 valence electrons. The van der Waals surface area contributed by atoms with E-state index < -0.39 is 17.4 Å². The third kappa shape index (κ3) is 3.87. The number of hydrogen-bond donors (Lipinski definition) is 0. The normalized spacial score (nSPS) is 12.0. The minimum Gasteiger partial charge on any atom is -0.454 e. The van der Waals surface area contributed by atoms with Crippen molar-refractivity contribution < 1.29 is 23.8 Å². The first-order valence-corrected chi connectivity index (χ1v) is 11.0. The van der Waals surface area contributed by atoms with Gasteiger partial charge >= 0.3 is 5.97 Å². The Balaban J connectivity index is 1.82. The highest BCUT2D eigenvalue weighted by Crippen LogP contribution is 2.44. The molecular weight excluding hydrogens is 472 g/mol. The van der Waals surface area contributed by atoms with Crippen LogP contribution in [0.4, 0.5) is 11.4 Å². The molecule has 0 aliphatic carbocycles. The van der Waals surface area contributed by atoms with Crippen LogP contribution in [0.25, 0.3) is 10.9 Å². The van der Waals surface area contributed by atoms with Crippen molar-refractivity contribution in [3.05, 3.63) is 87.7 Å². The molecule has 2 heterocycles. The maximum atomic E-state index is 14.2. The molecule has 0 fully saturated rings. The number of aryl methyl sites for hydroxylation is 1. The number of aromatic nitrogens is 1. The average Bonchev–Trinajstić information content (AvgIpc) is 3.33. The predicted octanol–water partition coefficient (Wildman–Crippen LogP) is 4.82. The molecule has 5 rings (SSSR count). The zero-order valence-electron chi connectivity index (χ0n) is 18.8. The molecule has 1 amide bonds. The number of halogens is 1. The van der Waals surface area contributed by atoms with Crippen molar-refractivity contribution in [2.75, 3.05) is 11.7 Å². The zero-order chi connectivity index (χ0) is 24.7. The Morgan fingerprint density at radius 1 is 0.971 bits per heavy atom. The van der Waals surface area contributed by atoms with Crippen LogP contribution in [0.2, 0.25) is 5.02 Å². The maximum absolute atomic E-state index is 14.2. The third-order valence-electron chi connectivity index (χ3n) is 5.61. The van der Waals surface area contributed by atoms with Gasteiger partial charge in [0.15, 0.2) is 17.2 Å². The number of ether oxygens (including phenoxy) is 3. The first-order chi connectivity index (χ1) is 16.9. The molecule has 0 bridgehead atoms. The van der Waals surface area contributed by atoms with Crippen LogP contribution >= 0.6 is 11.6 Å². The van der Waals surface area contributed by atoms with Crippen LogP contribution in [-0.4, -0.2) is 23.2 Å². The molecule has 0 radical (unpaired) electrons. The molecule has 1 aliphatic heterocycles. The van der Waals surface area contributed by atoms with Crippen molar-refractivity contribution in [1.82, 2.24) is 4.57 Å². The molecule has 0 saturated heterocycles. The number of nitrogens with zero attached hydrogens (tertiary/aromatic N) is 2. The average molecular weight is 491 g/mol. The van der Waals surface area contributed by atoms with Gasteiger partial charge in [0, 0.05) is 30.4 Å². The highest BCUT2D eigenvalue weighted by molar-refractivity contribution is 6.30. The number of hydrogen-bond acceptors (Lipinski definition) is 6. The summed E-state index contributed by atoms with van der Waals surface area (Å²) in [5.41, 5.74) is 0.447. The van der Waals surface area contributed by atoms with E-state index in [1.807, 2.05) is 6.07 Å².